The summed E-state index contributed by atoms with van der Waals surface area (Å²) in [5.74, 6) is -0.0642. The lowest BCUT2D eigenvalue weighted by atomic mass is 9.91. The first-order valence-corrected chi connectivity index (χ1v) is 9.50. The molecule has 2 aliphatic rings. The number of nitrogens with zero attached hydrogens (tertiary/aromatic N) is 1. The minimum absolute atomic E-state index is 0.0354. The van der Waals surface area contributed by atoms with Gasteiger partial charge in [0.15, 0.2) is 0 Å². The predicted octanol–water partition coefficient (Wildman–Crippen LogP) is 3.52. The number of hydrogen-bond donors (Lipinski definition) is 1. The number of esters is 1. The number of benzene rings is 1. The van der Waals surface area contributed by atoms with Gasteiger partial charge >= 0.3 is 12.0 Å². The van der Waals surface area contributed by atoms with Gasteiger partial charge in [0.05, 0.1) is 13.0 Å². The van der Waals surface area contributed by atoms with Gasteiger partial charge in [-0.1, -0.05) is 6.07 Å². The van der Waals surface area contributed by atoms with Crippen molar-refractivity contribution in [3.8, 4) is 0 Å². The molecule has 0 aromatic heterocycles. The Hall–Kier alpha value is -1.69. The van der Waals surface area contributed by atoms with E-state index in [1.807, 2.05) is 30.2 Å². The van der Waals surface area contributed by atoms with Crippen LogP contribution in [0.25, 0.3) is 0 Å². The van der Waals surface area contributed by atoms with Crippen LogP contribution in [0.2, 0.25) is 0 Å². The van der Waals surface area contributed by atoms with E-state index in [2.05, 4.69) is 11.4 Å². The van der Waals surface area contributed by atoms with Crippen molar-refractivity contribution in [1.82, 2.24) is 4.90 Å². The lowest BCUT2D eigenvalue weighted by Crippen LogP contribution is -2.42. The van der Waals surface area contributed by atoms with Crippen LogP contribution < -0.4 is 5.32 Å². The molecule has 1 atom stereocenters. The van der Waals surface area contributed by atoms with Crippen molar-refractivity contribution in [2.24, 2.45) is 11.3 Å². The number of anilines is 1. The molecule has 1 aromatic rings. The topological polar surface area (TPSA) is 58.6 Å². The van der Waals surface area contributed by atoms with Crippen LogP contribution in [0.3, 0.4) is 0 Å². The fourth-order valence-corrected chi connectivity index (χ4v) is 4.33. The average Bonchev–Trinajstić information content (AvgIpc) is 3.30. The molecule has 0 bridgehead atoms. The number of piperidine rings is 1. The average molecular weight is 348 g/mol. The van der Waals surface area contributed by atoms with Crippen LogP contribution in [0.15, 0.2) is 23.1 Å². The highest BCUT2D eigenvalue weighted by atomic mass is 32.2. The molecule has 24 heavy (non-hydrogen) atoms. The van der Waals surface area contributed by atoms with Crippen molar-refractivity contribution in [2.45, 2.75) is 31.1 Å². The molecule has 1 aliphatic carbocycles. The molecule has 2 amide bonds. The number of methoxy groups -OCH3 is 1. The van der Waals surface area contributed by atoms with Crippen LogP contribution in [0, 0.1) is 18.3 Å². The summed E-state index contributed by atoms with van der Waals surface area (Å²) in [6, 6.07) is 5.90. The van der Waals surface area contributed by atoms with Crippen molar-refractivity contribution in [3.05, 3.63) is 23.8 Å². The van der Waals surface area contributed by atoms with Crippen molar-refractivity contribution in [3.63, 3.8) is 0 Å². The van der Waals surface area contributed by atoms with Crippen molar-refractivity contribution in [2.75, 3.05) is 31.8 Å². The second kappa shape index (κ2) is 6.67. The SMILES string of the molecule is COC(=O)C1CC12CCN(C(=O)Nc1cccc(SC)c1C)CC2. The van der Waals surface area contributed by atoms with Gasteiger partial charge in [-0.3, -0.25) is 4.79 Å². The molecule has 1 saturated carbocycles. The molecule has 6 heteroatoms. The second-order valence-electron chi connectivity index (χ2n) is 6.69. The molecule has 3 rings (SSSR count). The Labute approximate surface area is 147 Å². The molecule has 1 heterocycles. The van der Waals surface area contributed by atoms with E-state index in [1.54, 1.807) is 11.8 Å². The first-order valence-electron chi connectivity index (χ1n) is 8.28. The van der Waals surface area contributed by atoms with Crippen LogP contribution in [0.5, 0.6) is 0 Å². The summed E-state index contributed by atoms with van der Waals surface area (Å²) in [5.41, 5.74) is 2.05. The molecule has 2 fully saturated rings. The number of nitrogens with one attached hydrogen (secondary N) is 1. The van der Waals surface area contributed by atoms with E-state index in [0.717, 1.165) is 30.5 Å². The van der Waals surface area contributed by atoms with Gasteiger partial charge in [0.2, 0.25) is 0 Å². The largest absolute Gasteiger partial charge is 0.469 e. The zero-order valence-corrected chi connectivity index (χ0v) is 15.2. The minimum atomic E-state index is -0.0996. The van der Waals surface area contributed by atoms with Gasteiger partial charge in [0.1, 0.15) is 0 Å². The zero-order chi connectivity index (χ0) is 17.3. The van der Waals surface area contributed by atoms with E-state index in [4.69, 9.17) is 4.74 Å². The molecule has 5 nitrogen and oxygen atoms in total. The monoisotopic (exact) mass is 348 g/mol. The van der Waals surface area contributed by atoms with Gasteiger partial charge < -0.3 is 15.0 Å². The summed E-state index contributed by atoms with van der Waals surface area (Å²) in [6.45, 7) is 3.42. The number of carbonyl (C=O) groups is 2. The molecule has 1 N–H and O–H groups in total. The Balaban J connectivity index is 1.58. The standard InChI is InChI=1S/C18H24N2O3S/c1-12-14(5-4-6-15(12)24-3)19-17(22)20-9-7-18(8-10-20)11-13(18)16(21)23-2/h4-6,13H,7-11H2,1-3H3,(H,19,22). The highest BCUT2D eigenvalue weighted by Gasteiger charge is 2.59. The normalized spacial score (nSPS) is 21.5. The van der Waals surface area contributed by atoms with Crippen molar-refractivity contribution in [1.29, 1.82) is 0 Å². The van der Waals surface area contributed by atoms with E-state index in [0.29, 0.717) is 13.1 Å². The Morgan fingerprint density at radius 1 is 1.33 bits per heavy atom. The van der Waals surface area contributed by atoms with Crippen molar-refractivity contribution >= 4 is 29.4 Å². The number of urea groups is 1. The Bertz CT molecular complexity index is 654. The Morgan fingerprint density at radius 3 is 2.67 bits per heavy atom. The van der Waals surface area contributed by atoms with E-state index in [9.17, 15) is 9.59 Å². The number of ether oxygens (including phenoxy) is 1. The third-order valence-electron chi connectivity index (χ3n) is 5.47. The highest BCUT2D eigenvalue weighted by molar-refractivity contribution is 7.98. The second-order valence-corrected chi connectivity index (χ2v) is 7.54. The van der Waals surface area contributed by atoms with Crippen LogP contribution in [0.4, 0.5) is 10.5 Å². The predicted molar refractivity (Wildman–Crippen MR) is 95.3 cm³/mol. The van der Waals surface area contributed by atoms with Gasteiger partial charge in [-0.25, -0.2) is 4.79 Å². The number of amides is 2. The number of carbonyl (C=O) groups excluding carboxylic acids is 2. The molecule has 1 spiro atoms. The van der Waals surface area contributed by atoms with Gasteiger partial charge in [0, 0.05) is 23.7 Å². The van der Waals surface area contributed by atoms with E-state index >= 15 is 0 Å². The van der Waals surface area contributed by atoms with Crippen LogP contribution in [0.1, 0.15) is 24.8 Å². The summed E-state index contributed by atoms with van der Waals surface area (Å²) in [4.78, 5) is 27.2. The fourth-order valence-electron chi connectivity index (χ4n) is 3.70. The smallest absolute Gasteiger partial charge is 0.321 e. The lowest BCUT2D eigenvalue weighted by Gasteiger charge is -2.32. The summed E-state index contributed by atoms with van der Waals surface area (Å²) in [7, 11) is 1.45. The fraction of sp³-hybridized carbons (Fsp3) is 0.556. The third kappa shape index (κ3) is 3.11. The molecule has 130 valence electrons. The first-order chi connectivity index (χ1) is 11.5. The third-order valence-corrected chi connectivity index (χ3v) is 6.35. The lowest BCUT2D eigenvalue weighted by molar-refractivity contribution is -0.143. The molecule has 1 aromatic carbocycles. The Kier molecular flexibility index (Phi) is 4.76. The van der Waals surface area contributed by atoms with Gasteiger partial charge in [-0.2, -0.15) is 0 Å². The molecule has 1 aliphatic heterocycles. The summed E-state index contributed by atoms with van der Waals surface area (Å²) < 4.78 is 4.86. The minimum Gasteiger partial charge on any atom is -0.469 e. The Morgan fingerprint density at radius 2 is 2.04 bits per heavy atom. The van der Waals surface area contributed by atoms with Gasteiger partial charge in [0.25, 0.3) is 0 Å². The molecule has 0 radical (unpaired) electrons. The van der Waals surface area contributed by atoms with Crippen LogP contribution in [-0.4, -0.2) is 43.4 Å². The summed E-state index contributed by atoms with van der Waals surface area (Å²) in [5, 5.41) is 3.03. The van der Waals surface area contributed by atoms with Gasteiger partial charge in [-0.05, 0) is 55.6 Å². The quantitative estimate of drug-likeness (QED) is 0.671. The molecule has 1 unspecified atom stereocenters. The van der Waals surface area contributed by atoms with E-state index in [-0.39, 0.29) is 23.3 Å². The van der Waals surface area contributed by atoms with Crippen LogP contribution >= 0.6 is 11.8 Å². The number of thioether (sulfide) groups is 1. The summed E-state index contributed by atoms with van der Waals surface area (Å²) in [6.07, 6.45) is 4.70. The van der Waals surface area contributed by atoms with Gasteiger partial charge in [-0.15, -0.1) is 11.8 Å². The first kappa shape index (κ1) is 17.1. The number of likely N-dealkylation sites (tertiary alicyclic amines) is 1. The molecular weight excluding hydrogens is 324 g/mol. The number of rotatable bonds is 3. The summed E-state index contributed by atoms with van der Waals surface area (Å²) >= 11 is 1.68. The maximum Gasteiger partial charge on any atom is 0.321 e. The highest BCUT2D eigenvalue weighted by Crippen LogP contribution is 2.59. The van der Waals surface area contributed by atoms with E-state index < -0.39 is 0 Å². The zero-order valence-electron chi connectivity index (χ0n) is 14.4. The molecule has 1 saturated heterocycles. The maximum atomic E-state index is 12.5. The van der Waals surface area contributed by atoms with Crippen molar-refractivity contribution < 1.29 is 14.3 Å². The van der Waals surface area contributed by atoms with Crippen LogP contribution in [-0.2, 0) is 9.53 Å². The maximum absolute atomic E-state index is 12.5. The van der Waals surface area contributed by atoms with E-state index in [1.165, 1.54) is 12.0 Å². The number of hydrogen-bond acceptors (Lipinski definition) is 4. The molecular formula is C18H24N2O3S.